The molecule has 100 valence electrons. The van der Waals surface area contributed by atoms with Gasteiger partial charge in [0.15, 0.2) is 0 Å². The summed E-state index contributed by atoms with van der Waals surface area (Å²) in [6.45, 7) is 1.80. The maximum atomic E-state index is 13.3. The zero-order valence-electron chi connectivity index (χ0n) is 11.1. The van der Waals surface area contributed by atoms with Crippen molar-refractivity contribution in [1.29, 1.82) is 0 Å². The van der Waals surface area contributed by atoms with E-state index in [0.29, 0.717) is 11.5 Å². The van der Waals surface area contributed by atoms with Gasteiger partial charge >= 0.3 is 0 Å². The average Bonchev–Trinajstić information content (AvgIpc) is 2.37. The van der Waals surface area contributed by atoms with E-state index >= 15 is 0 Å². The molecule has 0 radical (unpaired) electrons. The van der Waals surface area contributed by atoms with Crippen molar-refractivity contribution in [2.45, 2.75) is 44.8 Å². The van der Waals surface area contributed by atoms with Crippen LogP contribution in [0.3, 0.4) is 0 Å². The zero-order chi connectivity index (χ0) is 13.1. The first kappa shape index (κ1) is 13.5. The second-order valence-electron chi connectivity index (χ2n) is 5.34. The van der Waals surface area contributed by atoms with E-state index in [2.05, 4.69) is 5.32 Å². The van der Waals surface area contributed by atoms with Crippen LogP contribution in [0, 0.1) is 18.7 Å². The molecule has 3 heteroatoms. The highest BCUT2D eigenvalue weighted by atomic mass is 19.1. The minimum absolute atomic E-state index is 0.131. The molecule has 1 aromatic rings. The SMILES string of the molecule is CNC(c1ccc(F)c(C)c1)C1CCC(O)CC1. The molecule has 0 saturated heterocycles. The van der Waals surface area contributed by atoms with Gasteiger partial charge in [0.2, 0.25) is 0 Å². The van der Waals surface area contributed by atoms with Crippen molar-refractivity contribution in [3.05, 3.63) is 35.1 Å². The molecule has 1 aromatic carbocycles. The maximum absolute atomic E-state index is 13.3. The van der Waals surface area contributed by atoms with Gasteiger partial charge in [0.05, 0.1) is 6.10 Å². The number of aliphatic hydroxyl groups is 1. The van der Waals surface area contributed by atoms with Crippen molar-refractivity contribution < 1.29 is 9.50 Å². The maximum Gasteiger partial charge on any atom is 0.126 e. The van der Waals surface area contributed by atoms with Gasteiger partial charge in [-0.3, -0.25) is 0 Å². The van der Waals surface area contributed by atoms with Gasteiger partial charge in [-0.15, -0.1) is 0 Å². The van der Waals surface area contributed by atoms with Crippen LogP contribution in [-0.2, 0) is 0 Å². The fourth-order valence-corrected chi connectivity index (χ4v) is 2.97. The van der Waals surface area contributed by atoms with Gasteiger partial charge in [0.25, 0.3) is 0 Å². The van der Waals surface area contributed by atoms with Crippen LogP contribution in [0.1, 0.15) is 42.9 Å². The lowest BCUT2D eigenvalue weighted by Gasteiger charge is -2.32. The van der Waals surface area contributed by atoms with Crippen molar-refractivity contribution in [2.75, 3.05) is 7.05 Å². The van der Waals surface area contributed by atoms with E-state index in [1.54, 1.807) is 13.0 Å². The highest BCUT2D eigenvalue weighted by Gasteiger charge is 2.27. The van der Waals surface area contributed by atoms with Crippen LogP contribution < -0.4 is 5.32 Å². The number of hydrogen-bond donors (Lipinski definition) is 2. The van der Waals surface area contributed by atoms with Crippen LogP contribution in [0.5, 0.6) is 0 Å². The topological polar surface area (TPSA) is 32.3 Å². The van der Waals surface area contributed by atoms with Crippen molar-refractivity contribution in [3.8, 4) is 0 Å². The van der Waals surface area contributed by atoms with E-state index in [9.17, 15) is 9.50 Å². The molecule has 1 aliphatic rings. The predicted octanol–water partition coefficient (Wildman–Crippen LogP) is 2.95. The number of hydrogen-bond acceptors (Lipinski definition) is 2. The Bertz CT molecular complexity index is 399. The summed E-state index contributed by atoms with van der Waals surface area (Å²) in [5.41, 5.74) is 1.85. The molecule has 2 nitrogen and oxygen atoms in total. The highest BCUT2D eigenvalue weighted by Crippen LogP contribution is 2.34. The van der Waals surface area contributed by atoms with Crippen molar-refractivity contribution in [1.82, 2.24) is 5.32 Å². The highest BCUT2D eigenvalue weighted by molar-refractivity contribution is 5.27. The van der Waals surface area contributed by atoms with Gasteiger partial charge in [-0.05, 0) is 62.8 Å². The van der Waals surface area contributed by atoms with Gasteiger partial charge in [-0.25, -0.2) is 4.39 Å². The summed E-state index contributed by atoms with van der Waals surface area (Å²) >= 11 is 0. The van der Waals surface area contributed by atoms with Crippen LogP contribution in [-0.4, -0.2) is 18.3 Å². The Morgan fingerprint density at radius 3 is 2.50 bits per heavy atom. The average molecular weight is 251 g/mol. The van der Waals surface area contributed by atoms with Crippen LogP contribution in [0.15, 0.2) is 18.2 Å². The third kappa shape index (κ3) is 2.90. The summed E-state index contributed by atoms with van der Waals surface area (Å²) in [6.07, 6.45) is 3.69. The normalized spacial score (nSPS) is 26.0. The van der Waals surface area contributed by atoms with Gasteiger partial charge < -0.3 is 10.4 Å². The number of halogens is 1. The molecule has 2 rings (SSSR count). The first-order valence-corrected chi connectivity index (χ1v) is 6.73. The molecular formula is C15H22FNO. The second kappa shape index (κ2) is 5.81. The molecule has 18 heavy (non-hydrogen) atoms. The molecular weight excluding hydrogens is 229 g/mol. The first-order valence-electron chi connectivity index (χ1n) is 6.73. The minimum atomic E-state index is -0.146. The molecule has 0 amide bonds. The monoisotopic (exact) mass is 251 g/mol. The van der Waals surface area contributed by atoms with E-state index in [1.807, 2.05) is 19.2 Å². The molecule has 1 atom stereocenters. The Morgan fingerprint density at radius 2 is 1.94 bits per heavy atom. The number of aryl methyl sites for hydroxylation is 1. The summed E-state index contributed by atoms with van der Waals surface area (Å²) in [5.74, 6) is 0.385. The Labute approximate surface area is 108 Å². The Kier molecular flexibility index (Phi) is 4.36. The minimum Gasteiger partial charge on any atom is -0.393 e. The molecule has 1 saturated carbocycles. The third-order valence-corrected chi connectivity index (χ3v) is 4.06. The van der Waals surface area contributed by atoms with E-state index in [1.165, 1.54) is 0 Å². The molecule has 0 spiro atoms. The molecule has 0 aliphatic heterocycles. The van der Waals surface area contributed by atoms with Crippen LogP contribution in [0.4, 0.5) is 4.39 Å². The first-order chi connectivity index (χ1) is 8.61. The lowest BCUT2D eigenvalue weighted by Crippen LogP contribution is -2.30. The van der Waals surface area contributed by atoms with E-state index < -0.39 is 0 Å². The summed E-state index contributed by atoms with van der Waals surface area (Å²) in [6, 6.07) is 5.61. The Morgan fingerprint density at radius 1 is 1.28 bits per heavy atom. The fourth-order valence-electron chi connectivity index (χ4n) is 2.97. The zero-order valence-corrected chi connectivity index (χ0v) is 11.1. The van der Waals surface area contributed by atoms with Crippen LogP contribution >= 0.6 is 0 Å². The predicted molar refractivity (Wildman–Crippen MR) is 70.9 cm³/mol. The summed E-state index contributed by atoms with van der Waals surface area (Å²) in [5, 5.41) is 12.9. The second-order valence-corrected chi connectivity index (χ2v) is 5.34. The summed E-state index contributed by atoms with van der Waals surface area (Å²) in [7, 11) is 1.95. The molecule has 1 fully saturated rings. The number of aliphatic hydroxyl groups excluding tert-OH is 1. The molecule has 1 unspecified atom stereocenters. The fraction of sp³-hybridized carbons (Fsp3) is 0.600. The smallest absolute Gasteiger partial charge is 0.126 e. The summed E-state index contributed by atoms with van der Waals surface area (Å²) < 4.78 is 13.3. The van der Waals surface area contributed by atoms with E-state index in [0.717, 1.165) is 31.2 Å². The lowest BCUT2D eigenvalue weighted by atomic mass is 9.80. The van der Waals surface area contributed by atoms with Gasteiger partial charge in [-0.1, -0.05) is 12.1 Å². The van der Waals surface area contributed by atoms with Gasteiger partial charge in [0.1, 0.15) is 5.82 Å². The van der Waals surface area contributed by atoms with Crippen molar-refractivity contribution in [2.24, 2.45) is 5.92 Å². The molecule has 0 bridgehead atoms. The molecule has 0 aromatic heterocycles. The standard InChI is InChI=1S/C15H22FNO/c1-10-9-12(5-8-14(10)16)15(17-2)11-3-6-13(18)7-4-11/h5,8-9,11,13,15,17-18H,3-4,6-7H2,1-2H3. The molecule has 2 N–H and O–H groups in total. The van der Waals surface area contributed by atoms with Crippen molar-refractivity contribution in [3.63, 3.8) is 0 Å². The number of benzene rings is 1. The largest absolute Gasteiger partial charge is 0.393 e. The lowest BCUT2D eigenvalue weighted by molar-refractivity contribution is 0.0981. The van der Waals surface area contributed by atoms with Crippen LogP contribution in [0.25, 0.3) is 0 Å². The Balaban J connectivity index is 2.14. The number of rotatable bonds is 3. The third-order valence-electron chi connectivity index (χ3n) is 4.06. The molecule has 1 aliphatic carbocycles. The molecule has 0 heterocycles. The van der Waals surface area contributed by atoms with Gasteiger partial charge in [-0.2, -0.15) is 0 Å². The number of nitrogens with one attached hydrogen (secondary N) is 1. The van der Waals surface area contributed by atoms with Crippen molar-refractivity contribution >= 4 is 0 Å². The van der Waals surface area contributed by atoms with E-state index in [-0.39, 0.29) is 18.0 Å². The Hall–Kier alpha value is -0.930. The van der Waals surface area contributed by atoms with Gasteiger partial charge in [0, 0.05) is 6.04 Å². The van der Waals surface area contributed by atoms with Crippen LogP contribution in [0.2, 0.25) is 0 Å². The quantitative estimate of drug-likeness (QED) is 0.865. The summed E-state index contributed by atoms with van der Waals surface area (Å²) in [4.78, 5) is 0. The van der Waals surface area contributed by atoms with E-state index in [4.69, 9.17) is 0 Å².